The summed E-state index contributed by atoms with van der Waals surface area (Å²) in [4.78, 5) is 29.3. The van der Waals surface area contributed by atoms with Gasteiger partial charge in [0.15, 0.2) is 0 Å². The number of carbonyl (C=O) groups excluding carboxylic acids is 1. The van der Waals surface area contributed by atoms with Crippen molar-refractivity contribution in [2.75, 3.05) is 0 Å². The Bertz CT molecular complexity index is 345. The van der Waals surface area contributed by atoms with E-state index in [2.05, 4.69) is 5.73 Å². The molecule has 1 aromatic rings. The molecule has 6 nitrogen and oxygen atoms in total. The minimum atomic E-state index is -1.13. The van der Waals surface area contributed by atoms with Gasteiger partial charge < -0.3 is 15.9 Å². The molecule has 0 aliphatic rings. The maximum atomic E-state index is 10.4. The summed E-state index contributed by atoms with van der Waals surface area (Å²) >= 11 is 0. The van der Waals surface area contributed by atoms with Crippen LogP contribution in [0.15, 0.2) is 24.3 Å². The van der Waals surface area contributed by atoms with Gasteiger partial charge in [-0.25, -0.2) is 9.59 Å². The highest BCUT2D eigenvalue weighted by Gasteiger charge is 2.06. The number of carbonyl (C=O) groups is 3. The van der Waals surface area contributed by atoms with Gasteiger partial charge in [0.2, 0.25) is 6.41 Å². The molecule has 0 aromatic heterocycles. The molecule has 0 heterocycles. The Hall–Kier alpha value is -2.37. The predicted octanol–water partition coefficient (Wildman–Crippen LogP) is 0.184. The molecule has 0 atom stereocenters. The molecule has 15 heavy (non-hydrogen) atoms. The topological polar surface area (TPSA) is 118 Å². The van der Waals surface area contributed by atoms with Crippen LogP contribution < -0.4 is 5.73 Å². The Morgan fingerprint density at radius 3 is 1.73 bits per heavy atom. The third-order valence-electron chi connectivity index (χ3n) is 1.36. The summed E-state index contributed by atoms with van der Waals surface area (Å²) < 4.78 is 0. The fraction of sp³-hybridized carbons (Fsp3) is 0. The number of hydrogen-bond acceptors (Lipinski definition) is 3. The van der Waals surface area contributed by atoms with Gasteiger partial charge in [0.1, 0.15) is 0 Å². The minimum Gasteiger partial charge on any atom is -0.478 e. The Morgan fingerprint density at radius 2 is 1.47 bits per heavy atom. The molecule has 0 aliphatic carbocycles. The van der Waals surface area contributed by atoms with Crippen LogP contribution in [-0.4, -0.2) is 28.6 Å². The normalized spacial score (nSPS) is 8.27. The van der Waals surface area contributed by atoms with Gasteiger partial charge in [-0.05, 0) is 18.2 Å². The zero-order valence-corrected chi connectivity index (χ0v) is 7.58. The lowest BCUT2D eigenvalue weighted by Gasteiger charge is -1.95. The van der Waals surface area contributed by atoms with Crippen molar-refractivity contribution in [3.63, 3.8) is 0 Å². The number of carboxylic acids is 2. The smallest absolute Gasteiger partial charge is 0.335 e. The maximum Gasteiger partial charge on any atom is 0.335 e. The number of hydrogen-bond donors (Lipinski definition) is 3. The first-order valence-electron chi connectivity index (χ1n) is 3.75. The molecular formula is C9H9NO5. The van der Waals surface area contributed by atoms with Crippen LogP contribution in [0.5, 0.6) is 0 Å². The number of amides is 1. The summed E-state index contributed by atoms with van der Waals surface area (Å²) in [5, 5.41) is 17.0. The Morgan fingerprint density at radius 1 is 1.13 bits per heavy atom. The van der Waals surface area contributed by atoms with Crippen molar-refractivity contribution in [3.05, 3.63) is 35.4 Å². The number of nitrogens with two attached hydrogens (primary N) is 1. The van der Waals surface area contributed by atoms with Crippen molar-refractivity contribution in [1.29, 1.82) is 0 Å². The van der Waals surface area contributed by atoms with E-state index in [9.17, 15) is 9.59 Å². The zero-order chi connectivity index (χ0) is 11.8. The van der Waals surface area contributed by atoms with E-state index < -0.39 is 11.9 Å². The second kappa shape index (κ2) is 6.14. The number of aromatic carboxylic acids is 2. The van der Waals surface area contributed by atoms with E-state index in [0.717, 1.165) is 6.07 Å². The average molecular weight is 211 g/mol. The lowest BCUT2D eigenvalue weighted by molar-refractivity contribution is -0.106. The SMILES string of the molecule is NC=O.O=C(O)c1cccc(C(=O)O)c1. The van der Waals surface area contributed by atoms with Crippen LogP contribution in [0.25, 0.3) is 0 Å². The molecule has 4 N–H and O–H groups in total. The molecule has 0 unspecified atom stereocenters. The van der Waals surface area contributed by atoms with E-state index in [0.29, 0.717) is 0 Å². The second-order valence-corrected chi connectivity index (χ2v) is 2.33. The quantitative estimate of drug-likeness (QED) is 0.603. The summed E-state index contributed by atoms with van der Waals surface area (Å²) in [5.41, 5.74) is 4.13. The molecule has 0 spiro atoms. The standard InChI is InChI=1S/C8H6O4.CH3NO/c9-7(10)5-2-1-3-6(4-5)8(11)12;2-1-3/h1-4H,(H,9,10)(H,11,12);1H,(H2,2,3). The van der Waals surface area contributed by atoms with E-state index >= 15 is 0 Å². The third kappa shape index (κ3) is 4.41. The summed E-state index contributed by atoms with van der Waals surface area (Å²) in [6.45, 7) is 0. The minimum absolute atomic E-state index is 0.0186. The summed E-state index contributed by atoms with van der Waals surface area (Å²) in [5.74, 6) is -2.25. The Kier molecular flexibility index (Phi) is 5.17. The number of primary amides is 1. The van der Waals surface area contributed by atoms with E-state index in [4.69, 9.17) is 15.0 Å². The molecule has 0 radical (unpaired) electrons. The highest BCUT2D eigenvalue weighted by Crippen LogP contribution is 2.04. The van der Waals surface area contributed by atoms with Crippen molar-refractivity contribution >= 4 is 18.3 Å². The highest BCUT2D eigenvalue weighted by molar-refractivity contribution is 5.93. The Balaban J connectivity index is 0.000000583. The van der Waals surface area contributed by atoms with Crippen molar-refractivity contribution in [1.82, 2.24) is 0 Å². The third-order valence-corrected chi connectivity index (χ3v) is 1.36. The molecule has 0 bridgehead atoms. The fourth-order valence-corrected chi connectivity index (χ4v) is 0.785. The molecule has 0 fully saturated rings. The van der Waals surface area contributed by atoms with E-state index in [1.54, 1.807) is 0 Å². The highest BCUT2D eigenvalue weighted by atomic mass is 16.4. The van der Waals surface area contributed by atoms with Gasteiger partial charge in [0.05, 0.1) is 11.1 Å². The maximum absolute atomic E-state index is 10.4. The number of benzene rings is 1. The van der Waals surface area contributed by atoms with Gasteiger partial charge in [-0.3, -0.25) is 4.79 Å². The van der Waals surface area contributed by atoms with Crippen molar-refractivity contribution in [2.45, 2.75) is 0 Å². The molecular weight excluding hydrogens is 202 g/mol. The van der Waals surface area contributed by atoms with Crippen molar-refractivity contribution in [2.24, 2.45) is 5.73 Å². The summed E-state index contributed by atoms with van der Waals surface area (Å²) in [6, 6.07) is 5.20. The van der Waals surface area contributed by atoms with Gasteiger partial charge in [-0.2, -0.15) is 0 Å². The van der Waals surface area contributed by atoms with Crippen LogP contribution in [0.3, 0.4) is 0 Å². The van der Waals surface area contributed by atoms with Crippen LogP contribution in [0.4, 0.5) is 0 Å². The second-order valence-electron chi connectivity index (χ2n) is 2.33. The average Bonchev–Trinajstić information content (AvgIpc) is 2.19. The lowest BCUT2D eigenvalue weighted by Crippen LogP contribution is -2.01. The van der Waals surface area contributed by atoms with Crippen LogP contribution in [0, 0.1) is 0 Å². The fourth-order valence-electron chi connectivity index (χ4n) is 0.785. The zero-order valence-electron chi connectivity index (χ0n) is 7.58. The molecule has 0 saturated heterocycles. The van der Waals surface area contributed by atoms with Crippen LogP contribution in [0.1, 0.15) is 20.7 Å². The Labute approximate surface area is 84.9 Å². The molecule has 0 aliphatic heterocycles. The molecule has 0 saturated carbocycles. The molecule has 6 heteroatoms. The molecule has 1 amide bonds. The van der Waals surface area contributed by atoms with E-state index in [1.165, 1.54) is 18.2 Å². The van der Waals surface area contributed by atoms with E-state index in [-0.39, 0.29) is 17.5 Å². The predicted molar refractivity (Wildman–Crippen MR) is 50.6 cm³/mol. The summed E-state index contributed by atoms with van der Waals surface area (Å²) in [6.07, 6.45) is 0.250. The largest absolute Gasteiger partial charge is 0.478 e. The summed E-state index contributed by atoms with van der Waals surface area (Å²) in [7, 11) is 0. The molecule has 80 valence electrons. The molecule has 1 aromatic carbocycles. The van der Waals surface area contributed by atoms with Gasteiger partial charge in [-0.1, -0.05) is 6.07 Å². The molecule has 1 rings (SSSR count). The first kappa shape index (κ1) is 12.6. The van der Waals surface area contributed by atoms with Crippen LogP contribution in [-0.2, 0) is 4.79 Å². The van der Waals surface area contributed by atoms with Gasteiger partial charge in [-0.15, -0.1) is 0 Å². The van der Waals surface area contributed by atoms with Gasteiger partial charge >= 0.3 is 11.9 Å². The number of carboxylic acid groups (broad SMARTS) is 2. The van der Waals surface area contributed by atoms with Crippen molar-refractivity contribution < 1.29 is 24.6 Å². The number of rotatable bonds is 2. The van der Waals surface area contributed by atoms with Gasteiger partial charge in [0, 0.05) is 0 Å². The lowest BCUT2D eigenvalue weighted by atomic mass is 10.1. The van der Waals surface area contributed by atoms with Gasteiger partial charge in [0.25, 0.3) is 0 Å². The van der Waals surface area contributed by atoms with Crippen LogP contribution in [0.2, 0.25) is 0 Å². The van der Waals surface area contributed by atoms with Crippen LogP contribution >= 0.6 is 0 Å². The first-order chi connectivity index (χ1) is 7.02. The van der Waals surface area contributed by atoms with E-state index in [1.807, 2.05) is 0 Å². The van der Waals surface area contributed by atoms with Crippen molar-refractivity contribution in [3.8, 4) is 0 Å². The first-order valence-corrected chi connectivity index (χ1v) is 3.75. The monoisotopic (exact) mass is 211 g/mol.